The van der Waals surface area contributed by atoms with Crippen molar-refractivity contribution in [3.05, 3.63) is 12.2 Å². The molecule has 0 radical (unpaired) electrons. The second-order valence-electron chi connectivity index (χ2n) is 5.69. The molecule has 1 aromatic rings. The van der Waals surface area contributed by atoms with Gasteiger partial charge in [-0.25, -0.2) is 4.98 Å². The van der Waals surface area contributed by atoms with Gasteiger partial charge in [0.2, 0.25) is 0 Å². The molecular formula is C12H22N4. The normalized spacial score (nSPS) is 35.2. The lowest BCUT2D eigenvalue weighted by molar-refractivity contribution is 0.179. The third-order valence-electron chi connectivity index (χ3n) is 3.63. The zero-order valence-electron chi connectivity index (χ0n) is 10.5. The molecule has 90 valence electrons. The minimum atomic E-state index is -0.0854. The summed E-state index contributed by atoms with van der Waals surface area (Å²) in [5.41, 5.74) is 6.43. The second kappa shape index (κ2) is 4.17. The SMILES string of the molecule is CC1CC(C)CC(N)(Cc2ncnn2C)C1. The Morgan fingerprint density at radius 1 is 1.44 bits per heavy atom. The van der Waals surface area contributed by atoms with Crippen LogP contribution < -0.4 is 5.73 Å². The minimum Gasteiger partial charge on any atom is -0.325 e. The van der Waals surface area contributed by atoms with Crippen molar-refractivity contribution in [2.45, 2.75) is 45.1 Å². The van der Waals surface area contributed by atoms with E-state index in [0.29, 0.717) is 0 Å². The van der Waals surface area contributed by atoms with Gasteiger partial charge in [0.05, 0.1) is 0 Å². The van der Waals surface area contributed by atoms with Gasteiger partial charge in [-0.05, 0) is 31.1 Å². The second-order valence-corrected chi connectivity index (χ2v) is 5.69. The van der Waals surface area contributed by atoms with E-state index in [0.717, 1.165) is 36.9 Å². The molecule has 16 heavy (non-hydrogen) atoms. The Hall–Kier alpha value is -0.900. The molecule has 0 aliphatic heterocycles. The minimum absolute atomic E-state index is 0.0854. The Morgan fingerprint density at radius 3 is 2.56 bits per heavy atom. The average Bonchev–Trinajstić information content (AvgIpc) is 2.48. The number of rotatable bonds is 2. The van der Waals surface area contributed by atoms with Gasteiger partial charge < -0.3 is 5.73 Å². The maximum absolute atomic E-state index is 6.52. The van der Waals surface area contributed by atoms with E-state index in [2.05, 4.69) is 23.9 Å². The maximum Gasteiger partial charge on any atom is 0.138 e. The summed E-state index contributed by atoms with van der Waals surface area (Å²) < 4.78 is 1.83. The predicted molar refractivity (Wildman–Crippen MR) is 63.8 cm³/mol. The van der Waals surface area contributed by atoms with E-state index in [1.807, 2.05) is 11.7 Å². The molecule has 2 rings (SSSR count). The lowest BCUT2D eigenvalue weighted by Gasteiger charge is -2.39. The van der Waals surface area contributed by atoms with E-state index in [-0.39, 0.29) is 5.54 Å². The smallest absolute Gasteiger partial charge is 0.138 e. The number of hydrogen-bond donors (Lipinski definition) is 1. The number of aryl methyl sites for hydroxylation is 1. The number of hydrogen-bond acceptors (Lipinski definition) is 3. The maximum atomic E-state index is 6.52. The molecule has 1 aromatic heterocycles. The van der Waals surface area contributed by atoms with Crippen molar-refractivity contribution in [2.24, 2.45) is 24.6 Å². The van der Waals surface area contributed by atoms with Gasteiger partial charge in [0.25, 0.3) is 0 Å². The predicted octanol–water partition coefficient (Wildman–Crippen LogP) is 1.51. The summed E-state index contributed by atoms with van der Waals surface area (Å²) in [5, 5.41) is 4.10. The van der Waals surface area contributed by atoms with Gasteiger partial charge in [-0.15, -0.1) is 0 Å². The van der Waals surface area contributed by atoms with Crippen LogP contribution in [0.1, 0.15) is 38.9 Å². The van der Waals surface area contributed by atoms with E-state index in [4.69, 9.17) is 5.73 Å². The van der Waals surface area contributed by atoms with Crippen LogP contribution >= 0.6 is 0 Å². The van der Waals surface area contributed by atoms with Gasteiger partial charge in [-0.3, -0.25) is 4.68 Å². The zero-order valence-corrected chi connectivity index (χ0v) is 10.5. The standard InChI is InChI=1S/C12H22N4/c1-9-4-10(2)6-12(13,5-9)7-11-14-8-15-16(11)3/h8-10H,4-7,13H2,1-3H3. The first-order valence-corrected chi connectivity index (χ1v) is 6.10. The van der Waals surface area contributed by atoms with Crippen LogP contribution in [-0.4, -0.2) is 20.3 Å². The molecule has 2 N–H and O–H groups in total. The topological polar surface area (TPSA) is 56.7 Å². The molecule has 4 heteroatoms. The first kappa shape index (κ1) is 11.6. The summed E-state index contributed by atoms with van der Waals surface area (Å²) in [4.78, 5) is 4.28. The summed E-state index contributed by atoms with van der Waals surface area (Å²) >= 11 is 0. The molecule has 0 spiro atoms. The van der Waals surface area contributed by atoms with Crippen molar-refractivity contribution in [1.82, 2.24) is 14.8 Å². The molecule has 0 aromatic carbocycles. The van der Waals surface area contributed by atoms with E-state index in [1.54, 1.807) is 6.33 Å². The highest BCUT2D eigenvalue weighted by Gasteiger charge is 2.35. The fourth-order valence-electron chi connectivity index (χ4n) is 3.26. The van der Waals surface area contributed by atoms with Crippen molar-refractivity contribution < 1.29 is 0 Å². The molecule has 1 aliphatic rings. The molecule has 0 saturated heterocycles. The van der Waals surface area contributed by atoms with Crippen molar-refractivity contribution in [1.29, 1.82) is 0 Å². The first-order valence-electron chi connectivity index (χ1n) is 6.10. The van der Waals surface area contributed by atoms with Crippen LogP contribution in [0.25, 0.3) is 0 Å². The zero-order chi connectivity index (χ0) is 11.8. The fraction of sp³-hybridized carbons (Fsp3) is 0.833. The third-order valence-corrected chi connectivity index (χ3v) is 3.63. The highest BCUT2D eigenvalue weighted by molar-refractivity contribution is 5.00. The summed E-state index contributed by atoms with van der Waals surface area (Å²) in [6, 6.07) is 0. The van der Waals surface area contributed by atoms with Gasteiger partial charge in [-0.2, -0.15) is 5.10 Å². The molecule has 4 nitrogen and oxygen atoms in total. The summed E-state index contributed by atoms with van der Waals surface area (Å²) in [7, 11) is 1.93. The molecule has 1 aliphatic carbocycles. The first-order chi connectivity index (χ1) is 7.48. The quantitative estimate of drug-likeness (QED) is 0.825. The summed E-state index contributed by atoms with van der Waals surface area (Å²) in [6.07, 6.45) is 5.96. The van der Waals surface area contributed by atoms with E-state index in [1.165, 1.54) is 6.42 Å². The summed E-state index contributed by atoms with van der Waals surface area (Å²) in [5.74, 6) is 2.45. The Labute approximate surface area is 97.2 Å². The Morgan fingerprint density at radius 2 is 2.06 bits per heavy atom. The Balaban J connectivity index is 2.10. The number of aromatic nitrogens is 3. The van der Waals surface area contributed by atoms with Gasteiger partial charge in [0.15, 0.2) is 0 Å². The number of nitrogens with two attached hydrogens (primary N) is 1. The van der Waals surface area contributed by atoms with Crippen molar-refractivity contribution in [3.63, 3.8) is 0 Å². The van der Waals surface area contributed by atoms with Crippen LogP contribution in [0, 0.1) is 11.8 Å². The van der Waals surface area contributed by atoms with Gasteiger partial charge >= 0.3 is 0 Å². The highest BCUT2D eigenvalue weighted by Crippen LogP contribution is 2.35. The Kier molecular flexibility index (Phi) is 3.02. The summed E-state index contributed by atoms with van der Waals surface area (Å²) in [6.45, 7) is 4.60. The molecule has 1 fully saturated rings. The molecule has 1 heterocycles. The van der Waals surface area contributed by atoms with E-state index in [9.17, 15) is 0 Å². The van der Waals surface area contributed by atoms with Crippen LogP contribution in [0.2, 0.25) is 0 Å². The van der Waals surface area contributed by atoms with Crippen molar-refractivity contribution in [3.8, 4) is 0 Å². The molecule has 0 amide bonds. The Bertz CT molecular complexity index is 348. The lowest BCUT2D eigenvalue weighted by Crippen LogP contribution is -2.48. The largest absolute Gasteiger partial charge is 0.325 e. The molecule has 1 saturated carbocycles. The van der Waals surface area contributed by atoms with Crippen molar-refractivity contribution in [2.75, 3.05) is 0 Å². The molecule has 0 bridgehead atoms. The monoisotopic (exact) mass is 222 g/mol. The fourth-order valence-corrected chi connectivity index (χ4v) is 3.26. The molecule has 2 atom stereocenters. The van der Waals surface area contributed by atoms with Gasteiger partial charge in [0, 0.05) is 19.0 Å². The van der Waals surface area contributed by atoms with Crippen LogP contribution in [0.4, 0.5) is 0 Å². The lowest BCUT2D eigenvalue weighted by atomic mass is 9.70. The van der Waals surface area contributed by atoms with Crippen LogP contribution in [-0.2, 0) is 13.5 Å². The van der Waals surface area contributed by atoms with Gasteiger partial charge in [0.1, 0.15) is 12.2 Å². The third kappa shape index (κ3) is 2.43. The van der Waals surface area contributed by atoms with E-state index < -0.39 is 0 Å². The van der Waals surface area contributed by atoms with Gasteiger partial charge in [-0.1, -0.05) is 13.8 Å². The molecule has 2 unspecified atom stereocenters. The number of nitrogens with zero attached hydrogens (tertiary/aromatic N) is 3. The average molecular weight is 222 g/mol. The van der Waals surface area contributed by atoms with Crippen molar-refractivity contribution >= 4 is 0 Å². The molecular weight excluding hydrogens is 200 g/mol. The van der Waals surface area contributed by atoms with Crippen LogP contribution in [0.3, 0.4) is 0 Å². The van der Waals surface area contributed by atoms with Crippen LogP contribution in [0.5, 0.6) is 0 Å². The highest BCUT2D eigenvalue weighted by atomic mass is 15.3. The van der Waals surface area contributed by atoms with E-state index >= 15 is 0 Å². The van der Waals surface area contributed by atoms with Crippen LogP contribution in [0.15, 0.2) is 6.33 Å².